The molecule has 0 fully saturated rings. The van der Waals surface area contributed by atoms with Crippen molar-refractivity contribution in [2.75, 3.05) is 5.32 Å². The topological polar surface area (TPSA) is 81.5 Å². The third-order valence-electron chi connectivity index (χ3n) is 3.77. The average Bonchev–Trinajstić information content (AvgIpc) is 2.65. The van der Waals surface area contributed by atoms with Gasteiger partial charge in [-0.2, -0.15) is 0 Å². The predicted octanol–water partition coefficient (Wildman–Crippen LogP) is 5.71. The molecule has 1 N–H and O–H groups in total. The summed E-state index contributed by atoms with van der Waals surface area (Å²) in [6, 6.07) is 18.8. The van der Waals surface area contributed by atoms with Crippen molar-refractivity contribution in [3.63, 3.8) is 0 Å². The van der Waals surface area contributed by atoms with Crippen LogP contribution >= 0.6 is 15.9 Å². The van der Waals surface area contributed by atoms with Gasteiger partial charge in [0.15, 0.2) is 0 Å². The summed E-state index contributed by atoms with van der Waals surface area (Å²) in [4.78, 5) is 22.8. The number of halogens is 1. The molecule has 0 atom stereocenters. The van der Waals surface area contributed by atoms with Crippen LogP contribution in [0.15, 0.2) is 71.2 Å². The summed E-state index contributed by atoms with van der Waals surface area (Å²) in [5.41, 5.74) is 1.74. The molecule has 0 bridgehead atoms. The third kappa shape index (κ3) is 4.71. The quantitative estimate of drug-likeness (QED) is 0.418. The lowest BCUT2D eigenvalue weighted by Gasteiger charge is -2.09. The first-order chi connectivity index (χ1) is 12.9. The summed E-state index contributed by atoms with van der Waals surface area (Å²) >= 11 is 3.10. The summed E-state index contributed by atoms with van der Waals surface area (Å²) < 4.78 is 6.06. The van der Waals surface area contributed by atoms with Crippen molar-refractivity contribution in [3.8, 4) is 11.5 Å². The molecule has 0 aromatic heterocycles. The monoisotopic (exact) mass is 426 g/mol. The van der Waals surface area contributed by atoms with Crippen LogP contribution in [0, 0.1) is 17.0 Å². The van der Waals surface area contributed by atoms with Gasteiger partial charge in [0, 0.05) is 17.3 Å². The maximum atomic E-state index is 12.3. The van der Waals surface area contributed by atoms with Gasteiger partial charge in [0.05, 0.1) is 9.40 Å². The van der Waals surface area contributed by atoms with Gasteiger partial charge in [-0.25, -0.2) is 0 Å². The Balaban J connectivity index is 1.69. The number of benzene rings is 3. The van der Waals surface area contributed by atoms with Crippen LogP contribution in [0.3, 0.4) is 0 Å². The number of nitrogens with one attached hydrogen (secondary N) is 1. The lowest BCUT2D eigenvalue weighted by atomic mass is 10.2. The van der Waals surface area contributed by atoms with Crippen molar-refractivity contribution in [1.29, 1.82) is 0 Å². The SMILES string of the molecule is Cc1ccc(Oc2ccc(NC(=O)c3ccc(Br)c([N+](=O)[O-])c3)cc2)cc1. The molecule has 0 spiro atoms. The predicted molar refractivity (Wildman–Crippen MR) is 106 cm³/mol. The highest BCUT2D eigenvalue weighted by Gasteiger charge is 2.16. The zero-order valence-electron chi connectivity index (χ0n) is 14.3. The maximum absolute atomic E-state index is 12.3. The van der Waals surface area contributed by atoms with Gasteiger partial charge < -0.3 is 10.1 Å². The number of amides is 1. The molecule has 0 unspecified atom stereocenters. The molecule has 0 saturated carbocycles. The van der Waals surface area contributed by atoms with E-state index in [4.69, 9.17) is 4.74 Å². The number of anilines is 1. The molecule has 27 heavy (non-hydrogen) atoms. The van der Waals surface area contributed by atoms with Gasteiger partial charge >= 0.3 is 0 Å². The Morgan fingerprint density at radius 1 is 1.00 bits per heavy atom. The molecule has 1 amide bonds. The van der Waals surface area contributed by atoms with E-state index in [9.17, 15) is 14.9 Å². The van der Waals surface area contributed by atoms with Crippen LogP contribution in [0.4, 0.5) is 11.4 Å². The van der Waals surface area contributed by atoms with Gasteiger partial charge in [0.1, 0.15) is 11.5 Å². The molecule has 3 aromatic carbocycles. The second-order valence-corrected chi connectivity index (χ2v) is 6.67. The van der Waals surface area contributed by atoms with Gasteiger partial charge in [-0.3, -0.25) is 14.9 Å². The number of carbonyl (C=O) groups is 1. The summed E-state index contributed by atoms with van der Waals surface area (Å²) in [5.74, 6) is 0.925. The van der Waals surface area contributed by atoms with Gasteiger partial charge in [-0.1, -0.05) is 17.7 Å². The number of ether oxygens (including phenoxy) is 1. The summed E-state index contributed by atoms with van der Waals surface area (Å²) in [7, 11) is 0. The molecule has 0 aliphatic rings. The van der Waals surface area contributed by atoms with E-state index in [0.29, 0.717) is 15.9 Å². The van der Waals surface area contributed by atoms with E-state index in [1.54, 1.807) is 24.3 Å². The van der Waals surface area contributed by atoms with E-state index in [2.05, 4.69) is 21.2 Å². The second kappa shape index (κ2) is 8.01. The van der Waals surface area contributed by atoms with Crippen LogP contribution in [0.1, 0.15) is 15.9 Å². The number of hydrogen-bond acceptors (Lipinski definition) is 4. The van der Waals surface area contributed by atoms with Crippen molar-refractivity contribution in [2.24, 2.45) is 0 Å². The van der Waals surface area contributed by atoms with Crippen LogP contribution < -0.4 is 10.1 Å². The van der Waals surface area contributed by atoms with E-state index in [-0.39, 0.29) is 11.3 Å². The van der Waals surface area contributed by atoms with E-state index in [1.165, 1.54) is 18.2 Å². The first kappa shape index (κ1) is 18.6. The Bertz CT molecular complexity index is 986. The number of hydrogen-bond donors (Lipinski definition) is 1. The fourth-order valence-electron chi connectivity index (χ4n) is 2.35. The minimum Gasteiger partial charge on any atom is -0.457 e. The van der Waals surface area contributed by atoms with E-state index in [1.807, 2.05) is 31.2 Å². The van der Waals surface area contributed by atoms with Crippen molar-refractivity contribution in [3.05, 3.63) is 92.4 Å². The maximum Gasteiger partial charge on any atom is 0.284 e. The smallest absolute Gasteiger partial charge is 0.284 e. The third-order valence-corrected chi connectivity index (χ3v) is 4.44. The molecule has 0 aliphatic carbocycles. The largest absolute Gasteiger partial charge is 0.457 e. The highest BCUT2D eigenvalue weighted by Crippen LogP contribution is 2.27. The lowest BCUT2D eigenvalue weighted by molar-refractivity contribution is -0.385. The molecule has 136 valence electrons. The van der Waals surface area contributed by atoms with Gasteiger partial charge in [-0.15, -0.1) is 0 Å². The zero-order valence-corrected chi connectivity index (χ0v) is 15.9. The van der Waals surface area contributed by atoms with Gasteiger partial charge in [0.25, 0.3) is 11.6 Å². The van der Waals surface area contributed by atoms with Crippen molar-refractivity contribution >= 4 is 33.2 Å². The Labute approximate surface area is 164 Å². The molecule has 3 rings (SSSR count). The standard InChI is InChI=1S/C20H15BrN2O4/c1-13-2-7-16(8-3-13)27-17-9-5-15(6-10-17)22-20(24)14-4-11-18(21)19(12-14)23(25)26/h2-12H,1H3,(H,22,24). The lowest BCUT2D eigenvalue weighted by Crippen LogP contribution is -2.12. The number of carbonyl (C=O) groups excluding carboxylic acids is 1. The molecule has 3 aromatic rings. The van der Waals surface area contributed by atoms with E-state index in [0.717, 1.165) is 11.3 Å². The van der Waals surface area contributed by atoms with E-state index < -0.39 is 10.8 Å². The number of nitro benzene ring substituents is 1. The summed E-state index contributed by atoms with van der Waals surface area (Å²) in [5, 5.41) is 13.7. The van der Waals surface area contributed by atoms with Crippen molar-refractivity contribution in [2.45, 2.75) is 6.92 Å². The van der Waals surface area contributed by atoms with Crippen LogP contribution in [-0.2, 0) is 0 Å². The number of nitrogens with zero attached hydrogens (tertiary/aromatic N) is 1. The fourth-order valence-corrected chi connectivity index (χ4v) is 2.74. The first-order valence-corrected chi connectivity index (χ1v) is 8.81. The molecule has 0 aliphatic heterocycles. The Kier molecular flexibility index (Phi) is 5.52. The average molecular weight is 427 g/mol. The minimum absolute atomic E-state index is 0.163. The normalized spacial score (nSPS) is 10.3. The minimum atomic E-state index is -0.544. The van der Waals surface area contributed by atoms with Gasteiger partial charge in [0.2, 0.25) is 0 Å². The molecular formula is C20H15BrN2O4. The van der Waals surface area contributed by atoms with Crippen molar-refractivity contribution in [1.82, 2.24) is 0 Å². The van der Waals surface area contributed by atoms with E-state index >= 15 is 0 Å². The number of rotatable bonds is 5. The fraction of sp³-hybridized carbons (Fsp3) is 0.0500. The zero-order chi connectivity index (χ0) is 19.4. The van der Waals surface area contributed by atoms with Crippen LogP contribution in [0.2, 0.25) is 0 Å². The molecular weight excluding hydrogens is 412 g/mol. The second-order valence-electron chi connectivity index (χ2n) is 5.82. The number of nitro groups is 1. The van der Waals surface area contributed by atoms with Crippen LogP contribution in [-0.4, -0.2) is 10.8 Å². The Hall–Kier alpha value is -3.19. The summed E-state index contributed by atoms with van der Waals surface area (Å²) in [6.45, 7) is 2.00. The van der Waals surface area contributed by atoms with Crippen LogP contribution in [0.5, 0.6) is 11.5 Å². The van der Waals surface area contributed by atoms with Gasteiger partial charge in [-0.05, 0) is 71.4 Å². The molecule has 6 nitrogen and oxygen atoms in total. The summed E-state index contributed by atoms with van der Waals surface area (Å²) in [6.07, 6.45) is 0. The highest BCUT2D eigenvalue weighted by atomic mass is 79.9. The molecule has 7 heteroatoms. The number of aryl methyl sites for hydroxylation is 1. The first-order valence-electron chi connectivity index (χ1n) is 8.02. The Morgan fingerprint density at radius 2 is 1.59 bits per heavy atom. The molecule has 0 radical (unpaired) electrons. The Morgan fingerprint density at radius 3 is 2.19 bits per heavy atom. The van der Waals surface area contributed by atoms with Crippen molar-refractivity contribution < 1.29 is 14.5 Å². The highest BCUT2D eigenvalue weighted by molar-refractivity contribution is 9.10. The van der Waals surface area contributed by atoms with Crippen LogP contribution in [0.25, 0.3) is 0 Å². The molecule has 0 heterocycles. The molecule has 0 saturated heterocycles.